The maximum atomic E-state index is 12.5. The molecule has 4 nitrogen and oxygen atoms in total. The van der Waals surface area contributed by atoms with Crippen molar-refractivity contribution in [2.45, 2.75) is 25.1 Å². The molecule has 1 aromatic rings. The highest BCUT2D eigenvalue weighted by molar-refractivity contribution is 5.81. The Bertz CT molecular complexity index is 654. The van der Waals surface area contributed by atoms with Gasteiger partial charge in [0.2, 0.25) is 0 Å². The summed E-state index contributed by atoms with van der Waals surface area (Å²) in [7, 11) is 1.72. The minimum atomic E-state index is -4.14. The molecule has 0 spiro atoms. The first-order valence-corrected chi connectivity index (χ1v) is 8.96. The van der Waals surface area contributed by atoms with Crippen molar-refractivity contribution in [2.75, 3.05) is 39.8 Å². The van der Waals surface area contributed by atoms with Gasteiger partial charge in [0.05, 0.1) is 6.54 Å². The van der Waals surface area contributed by atoms with Crippen LogP contribution in [0.4, 0.5) is 13.2 Å². The molecule has 1 atom stereocenters. The van der Waals surface area contributed by atoms with Crippen LogP contribution < -0.4 is 5.32 Å². The molecule has 142 valence electrons. The van der Waals surface area contributed by atoms with Crippen LogP contribution in [0.2, 0.25) is 0 Å². The SMILES string of the molecule is CN=C(NC1CCN(CC(F)(F)F)C1)N1CC=C(c2ccccc2)CC1. The van der Waals surface area contributed by atoms with E-state index >= 15 is 0 Å². The Hall–Kier alpha value is -2.02. The van der Waals surface area contributed by atoms with Crippen molar-refractivity contribution in [1.82, 2.24) is 15.1 Å². The molecule has 1 aromatic carbocycles. The van der Waals surface area contributed by atoms with E-state index in [1.54, 1.807) is 7.05 Å². The van der Waals surface area contributed by atoms with Crippen LogP contribution in [0.1, 0.15) is 18.4 Å². The topological polar surface area (TPSA) is 30.9 Å². The maximum absolute atomic E-state index is 12.5. The minimum Gasteiger partial charge on any atom is -0.352 e. The first-order chi connectivity index (χ1) is 12.4. The predicted octanol–water partition coefficient (Wildman–Crippen LogP) is 2.99. The summed E-state index contributed by atoms with van der Waals surface area (Å²) in [6.07, 6.45) is -0.304. The van der Waals surface area contributed by atoms with E-state index in [2.05, 4.69) is 33.4 Å². The molecule has 0 aliphatic carbocycles. The maximum Gasteiger partial charge on any atom is 0.401 e. The highest BCUT2D eigenvalue weighted by Gasteiger charge is 2.34. The molecule has 1 fully saturated rings. The summed E-state index contributed by atoms with van der Waals surface area (Å²) in [5, 5.41) is 3.34. The summed E-state index contributed by atoms with van der Waals surface area (Å²) >= 11 is 0. The molecule has 2 aliphatic heterocycles. The lowest BCUT2D eigenvalue weighted by Gasteiger charge is -2.31. The molecular formula is C19H25F3N4. The quantitative estimate of drug-likeness (QED) is 0.659. The highest BCUT2D eigenvalue weighted by Crippen LogP contribution is 2.23. The molecule has 0 amide bonds. The fraction of sp³-hybridized carbons (Fsp3) is 0.526. The molecule has 3 rings (SSSR count). The molecule has 1 N–H and O–H groups in total. The Morgan fingerprint density at radius 3 is 2.62 bits per heavy atom. The molecule has 7 heteroatoms. The van der Waals surface area contributed by atoms with Gasteiger partial charge in [0.25, 0.3) is 0 Å². The number of halogens is 3. The van der Waals surface area contributed by atoms with Crippen LogP contribution in [0.5, 0.6) is 0 Å². The van der Waals surface area contributed by atoms with Crippen molar-refractivity contribution >= 4 is 11.5 Å². The zero-order valence-electron chi connectivity index (χ0n) is 15.0. The van der Waals surface area contributed by atoms with Crippen molar-refractivity contribution in [3.8, 4) is 0 Å². The van der Waals surface area contributed by atoms with Crippen LogP contribution in [0.15, 0.2) is 41.4 Å². The molecule has 1 saturated heterocycles. The predicted molar refractivity (Wildman–Crippen MR) is 98.0 cm³/mol. The molecule has 1 unspecified atom stereocenters. The van der Waals surface area contributed by atoms with Gasteiger partial charge in [-0.3, -0.25) is 9.89 Å². The molecule has 2 heterocycles. The second-order valence-corrected chi connectivity index (χ2v) is 6.82. The van der Waals surface area contributed by atoms with Crippen LogP contribution >= 0.6 is 0 Å². The number of rotatable bonds is 3. The summed E-state index contributed by atoms with van der Waals surface area (Å²) < 4.78 is 37.6. The van der Waals surface area contributed by atoms with E-state index in [-0.39, 0.29) is 6.04 Å². The Labute approximate surface area is 152 Å². The number of hydrogen-bond donors (Lipinski definition) is 1. The van der Waals surface area contributed by atoms with Crippen molar-refractivity contribution < 1.29 is 13.2 Å². The van der Waals surface area contributed by atoms with Crippen molar-refractivity contribution in [3.05, 3.63) is 42.0 Å². The minimum absolute atomic E-state index is 0.00977. The number of likely N-dealkylation sites (tertiary alicyclic amines) is 1. The van der Waals surface area contributed by atoms with E-state index < -0.39 is 12.7 Å². The lowest BCUT2D eigenvalue weighted by atomic mass is 10.00. The summed E-state index contributed by atoms with van der Waals surface area (Å²) in [6, 6.07) is 10.3. The van der Waals surface area contributed by atoms with Crippen LogP contribution in [-0.4, -0.2) is 67.7 Å². The van der Waals surface area contributed by atoms with Gasteiger partial charge in [0, 0.05) is 39.3 Å². The molecule has 0 saturated carbocycles. The molecule has 0 bridgehead atoms. The Morgan fingerprint density at radius 2 is 2.00 bits per heavy atom. The van der Waals surface area contributed by atoms with E-state index in [1.165, 1.54) is 16.0 Å². The summed E-state index contributed by atoms with van der Waals surface area (Å²) in [5.74, 6) is 0.771. The van der Waals surface area contributed by atoms with Crippen molar-refractivity contribution in [3.63, 3.8) is 0 Å². The second-order valence-electron chi connectivity index (χ2n) is 6.82. The average Bonchev–Trinajstić information content (AvgIpc) is 3.06. The number of alkyl halides is 3. The van der Waals surface area contributed by atoms with Crippen LogP contribution in [-0.2, 0) is 0 Å². The smallest absolute Gasteiger partial charge is 0.352 e. The largest absolute Gasteiger partial charge is 0.401 e. The van der Waals surface area contributed by atoms with Gasteiger partial charge in [-0.1, -0.05) is 36.4 Å². The normalized spacial score (nSPS) is 22.5. The lowest BCUT2D eigenvalue weighted by Crippen LogP contribution is -2.48. The third kappa shape index (κ3) is 5.00. The number of benzene rings is 1. The molecule has 26 heavy (non-hydrogen) atoms. The third-order valence-corrected chi connectivity index (χ3v) is 4.87. The Balaban J connectivity index is 1.54. The number of nitrogens with zero attached hydrogens (tertiary/aromatic N) is 3. The number of aliphatic imine (C=N–C) groups is 1. The summed E-state index contributed by atoms with van der Waals surface area (Å²) in [4.78, 5) is 7.94. The van der Waals surface area contributed by atoms with E-state index in [9.17, 15) is 13.2 Å². The second kappa shape index (κ2) is 8.12. The van der Waals surface area contributed by atoms with Gasteiger partial charge in [0.1, 0.15) is 0 Å². The first kappa shape index (κ1) is 18.8. The van der Waals surface area contributed by atoms with E-state index in [1.807, 2.05) is 18.2 Å². The summed E-state index contributed by atoms with van der Waals surface area (Å²) in [5.41, 5.74) is 2.57. The van der Waals surface area contributed by atoms with Gasteiger partial charge in [-0.25, -0.2) is 0 Å². The van der Waals surface area contributed by atoms with Gasteiger partial charge < -0.3 is 10.2 Å². The monoisotopic (exact) mass is 366 g/mol. The zero-order valence-corrected chi connectivity index (χ0v) is 15.0. The molecule has 0 radical (unpaired) electrons. The van der Waals surface area contributed by atoms with Crippen LogP contribution in [0.3, 0.4) is 0 Å². The zero-order chi connectivity index (χ0) is 18.6. The van der Waals surface area contributed by atoms with Crippen molar-refractivity contribution in [2.24, 2.45) is 4.99 Å². The third-order valence-electron chi connectivity index (χ3n) is 4.87. The Kier molecular flexibility index (Phi) is 5.86. The number of hydrogen-bond acceptors (Lipinski definition) is 2. The van der Waals surface area contributed by atoms with Gasteiger partial charge in [0.15, 0.2) is 5.96 Å². The standard InChI is InChI=1S/C19H25F3N4/c1-23-18(24-17-9-10-25(13-17)14-19(20,21)22)26-11-7-16(8-12-26)15-5-3-2-4-6-15/h2-7,17H,8-14H2,1H3,(H,23,24). The van der Waals surface area contributed by atoms with E-state index in [0.29, 0.717) is 19.5 Å². The van der Waals surface area contributed by atoms with E-state index in [0.717, 1.165) is 25.5 Å². The van der Waals surface area contributed by atoms with Crippen LogP contribution in [0.25, 0.3) is 5.57 Å². The lowest BCUT2D eigenvalue weighted by molar-refractivity contribution is -0.143. The van der Waals surface area contributed by atoms with Gasteiger partial charge in [-0.2, -0.15) is 13.2 Å². The molecular weight excluding hydrogens is 341 g/mol. The number of guanidine groups is 1. The first-order valence-electron chi connectivity index (χ1n) is 8.96. The molecule has 0 aromatic heterocycles. The van der Waals surface area contributed by atoms with Gasteiger partial charge in [-0.05, 0) is 24.0 Å². The van der Waals surface area contributed by atoms with E-state index in [4.69, 9.17) is 0 Å². The Morgan fingerprint density at radius 1 is 1.23 bits per heavy atom. The summed E-state index contributed by atoms with van der Waals surface area (Å²) in [6.45, 7) is 1.63. The average molecular weight is 366 g/mol. The van der Waals surface area contributed by atoms with Crippen molar-refractivity contribution in [1.29, 1.82) is 0 Å². The van der Waals surface area contributed by atoms with Crippen LogP contribution in [0, 0.1) is 0 Å². The number of nitrogens with one attached hydrogen (secondary N) is 1. The highest BCUT2D eigenvalue weighted by atomic mass is 19.4. The van der Waals surface area contributed by atoms with Gasteiger partial charge >= 0.3 is 6.18 Å². The fourth-order valence-electron chi connectivity index (χ4n) is 3.60. The van der Waals surface area contributed by atoms with Gasteiger partial charge in [-0.15, -0.1) is 0 Å². The molecule has 2 aliphatic rings. The fourth-order valence-corrected chi connectivity index (χ4v) is 3.60.